The second-order valence-corrected chi connectivity index (χ2v) is 7.12. The lowest BCUT2D eigenvalue weighted by Gasteiger charge is -2.08. The molecule has 0 saturated heterocycles. The number of benzene rings is 2. The summed E-state index contributed by atoms with van der Waals surface area (Å²) in [5, 5.41) is 11.7. The Morgan fingerprint density at radius 2 is 1.72 bits per heavy atom. The summed E-state index contributed by atoms with van der Waals surface area (Å²) >= 11 is 0. The standard InChI is InChI=1S/C23H26N6O3/c1-30-14-15-32-20-11-7-18(8-12-20)29-22-21(27-28-29)16-25-23(26-22)24-13-3-4-17-5-9-19(31-2)10-6-17/h5-12,16H,3-4,13-15H2,1-2H3,(H,24,25,26). The van der Waals surface area contributed by atoms with E-state index in [0.29, 0.717) is 30.3 Å². The van der Waals surface area contributed by atoms with Crippen molar-refractivity contribution in [3.05, 3.63) is 60.3 Å². The topological polar surface area (TPSA) is 96.2 Å². The second-order valence-electron chi connectivity index (χ2n) is 7.12. The van der Waals surface area contributed by atoms with Crippen molar-refractivity contribution in [1.82, 2.24) is 25.0 Å². The SMILES string of the molecule is COCCOc1ccc(-n2nnc3cnc(NCCCc4ccc(OC)cc4)nc32)cc1. The molecule has 4 aromatic rings. The second kappa shape index (κ2) is 10.5. The zero-order valence-corrected chi connectivity index (χ0v) is 18.2. The van der Waals surface area contributed by atoms with E-state index in [1.807, 2.05) is 36.4 Å². The fraction of sp³-hybridized carbons (Fsp3) is 0.304. The van der Waals surface area contributed by atoms with Crippen LogP contribution in [0.15, 0.2) is 54.7 Å². The van der Waals surface area contributed by atoms with E-state index in [0.717, 1.165) is 36.6 Å². The largest absolute Gasteiger partial charge is 0.497 e. The van der Waals surface area contributed by atoms with Crippen LogP contribution in [-0.2, 0) is 11.2 Å². The van der Waals surface area contributed by atoms with Crippen LogP contribution in [0.4, 0.5) is 5.95 Å². The van der Waals surface area contributed by atoms with Crippen LogP contribution in [0.3, 0.4) is 0 Å². The first kappa shape index (κ1) is 21.5. The monoisotopic (exact) mass is 434 g/mol. The predicted molar refractivity (Wildman–Crippen MR) is 122 cm³/mol. The average molecular weight is 435 g/mol. The van der Waals surface area contributed by atoms with Gasteiger partial charge in [0.1, 0.15) is 18.1 Å². The molecule has 0 amide bonds. The molecule has 32 heavy (non-hydrogen) atoms. The fourth-order valence-electron chi connectivity index (χ4n) is 3.20. The Bertz CT molecular complexity index is 1130. The fourth-order valence-corrected chi connectivity index (χ4v) is 3.20. The maximum absolute atomic E-state index is 5.61. The van der Waals surface area contributed by atoms with Crippen LogP contribution in [0.5, 0.6) is 11.5 Å². The first-order valence-corrected chi connectivity index (χ1v) is 10.4. The maximum atomic E-state index is 5.61. The first-order valence-electron chi connectivity index (χ1n) is 10.4. The van der Waals surface area contributed by atoms with Gasteiger partial charge in [0.15, 0.2) is 11.2 Å². The van der Waals surface area contributed by atoms with E-state index >= 15 is 0 Å². The molecule has 166 valence electrons. The molecule has 2 aromatic carbocycles. The highest BCUT2D eigenvalue weighted by Crippen LogP contribution is 2.19. The van der Waals surface area contributed by atoms with Crippen molar-refractivity contribution in [2.45, 2.75) is 12.8 Å². The van der Waals surface area contributed by atoms with Crippen LogP contribution >= 0.6 is 0 Å². The number of hydrogen-bond donors (Lipinski definition) is 1. The van der Waals surface area contributed by atoms with Crippen LogP contribution in [0.1, 0.15) is 12.0 Å². The molecule has 0 aliphatic heterocycles. The number of anilines is 1. The minimum Gasteiger partial charge on any atom is -0.497 e. The van der Waals surface area contributed by atoms with Crippen LogP contribution in [0.2, 0.25) is 0 Å². The predicted octanol–water partition coefficient (Wildman–Crippen LogP) is 3.29. The normalized spacial score (nSPS) is 10.9. The molecule has 0 aliphatic carbocycles. The van der Waals surface area contributed by atoms with Gasteiger partial charge in [-0.05, 0) is 54.8 Å². The molecule has 4 rings (SSSR count). The van der Waals surface area contributed by atoms with Gasteiger partial charge >= 0.3 is 0 Å². The minimum absolute atomic E-state index is 0.503. The highest BCUT2D eigenvalue weighted by atomic mass is 16.5. The van der Waals surface area contributed by atoms with Crippen LogP contribution in [0.25, 0.3) is 16.9 Å². The van der Waals surface area contributed by atoms with Gasteiger partial charge in [-0.25, -0.2) is 4.98 Å². The third-order valence-corrected chi connectivity index (χ3v) is 4.91. The molecule has 0 spiro atoms. The number of methoxy groups -OCH3 is 2. The summed E-state index contributed by atoms with van der Waals surface area (Å²) in [6.45, 7) is 1.80. The van der Waals surface area contributed by atoms with Gasteiger partial charge < -0.3 is 19.5 Å². The highest BCUT2D eigenvalue weighted by molar-refractivity contribution is 5.72. The molecule has 0 radical (unpaired) electrons. The first-order chi connectivity index (χ1) is 15.8. The summed E-state index contributed by atoms with van der Waals surface area (Å²) in [6, 6.07) is 15.7. The lowest BCUT2D eigenvalue weighted by atomic mass is 10.1. The summed E-state index contributed by atoms with van der Waals surface area (Å²) in [4.78, 5) is 8.96. The van der Waals surface area contributed by atoms with Gasteiger partial charge in [0.05, 0.1) is 25.6 Å². The molecule has 0 bridgehead atoms. The molecule has 0 fully saturated rings. The Morgan fingerprint density at radius 3 is 2.47 bits per heavy atom. The molecule has 2 heterocycles. The van der Waals surface area contributed by atoms with Crippen molar-refractivity contribution in [1.29, 1.82) is 0 Å². The molecule has 0 unspecified atom stereocenters. The lowest BCUT2D eigenvalue weighted by molar-refractivity contribution is 0.146. The molecule has 0 saturated carbocycles. The summed E-state index contributed by atoms with van der Waals surface area (Å²) in [5.74, 6) is 2.19. The number of rotatable bonds is 11. The maximum Gasteiger partial charge on any atom is 0.224 e. The minimum atomic E-state index is 0.503. The third-order valence-electron chi connectivity index (χ3n) is 4.91. The van der Waals surface area contributed by atoms with Gasteiger partial charge in [-0.1, -0.05) is 17.3 Å². The number of nitrogens with one attached hydrogen (secondary N) is 1. The molecule has 9 heteroatoms. The van der Waals surface area contributed by atoms with Crippen LogP contribution < -0.4 is 14.8 Å². The Kier molecular flexibility index (Phi) is 7.08. The van der Waals surface area contributed by atoms with Crippen molar-refractivity contribution < 1.29 is 14.2 Å². The van der Waals surface area contributed by atoms with Crippen LogP contribution in [-0.4, -0.2) is 58.9 Å². The average Bonchev–Trinajstić information content (AvgIpc) is 3.26. The van der Waals surface area contributed by atoms with E-state index in [1.165, 1.54) is 5.56 Å². The van der Waals surface area contributed by atoms with E-state index in [2.05, 4.69) is 37.7 Å². The molecular formula is C23H26N6O3. The summed E-state index contributed by atoms with van der Waals surface area (Å²) in [7, 11) is 3.32. The van der Waals surface area contributed by atoms with Crippen molar-refractivity contribution in [2.75, 3.05) is 39.3 Å². The van der Waals surface area contributed by atoms with E-state index < -0.39 is 0 Å². The number of hydrogen-bond acceptors (Lipinski definition) is 8. The molecule has 0 aliphatic rings. The zero-order chi connectivity index (χ0) is 22.2. The van der Waals surface area contributed by atoms with Crippen molar-refractivity contribution in [3.8, 4) is 17.2 Å². The van der Waals surface area contributed by atoms with Crippen molar-refractivity contribution >= 4 is 17.1 Å². The Hall–Kier alpha value is -3.72. The van der Waals surface area contributed by atoms with Crippen LogP contribution in [0, 0.1) is 0 Å². The van der Waals surface area contributed by atoms with Gasteiger partial charge in [0.25, 0.3) is 0 Å². The molecule has 2 aromatic heterocycles. The number of nitrogens with zero attached hydrogens (tertiary/aromatic N) is 5. The van der Waals surface area contributed by atoms with E-state index in [1.54, 1.807) is 25.1 Å². The number of ether oxygens (including phenoxy) is 3. The number of fused-ring (bicyclic) bond motifs is 1. The lowest BCUT2D eigenvalue weighted by Crippen LogP contribution is -2.07. The molecular weight excluding hydrogens is 408 g/mol. The van der Waals surface area contributed by atoms with Gasteiger partial charge in [0.2, 0.25) is 5.95 Å². The van der Waals surface area contributed by atoms with Gasteiger partial charge in [-0.15, -0.1) is 5.10 Å². The summed E-state index contributed by atoms with van der Waals surface area (Å²) in [5.41, 5.74) is 3.39. The quantitative estimate of drug-likeness (QED) is 0.359. The van der Waals surface area contributed by atoms with E-state index in [9.17, 15) is 0 Å². The van der Waals surface area contributed by atoms with Crippen molar-refractivity contribution in [2.24, 2.45) is 0 Å². The third kappa shape index (κ3) is 5.30. The molecule has 1 N–H and O–H groups in total. The Labute approximate surface area is 186 Å². The van der Waals surface area contributed by atoms with Gasteiger partial charge in [-0.3, -0.25) is 0 Å². The zero-order valence-electron chi connectivity index (χ0n) is 18.2. The number of aryl methyl sites for hydroxylation is 1. The van der Waals surface area contributed by atoms with Crippen molar-refractivity contribution in [3.63, 3.8) is 0 Å². The Balaban J connectivity index is 1.37. The van der Waals surface area contributed by atoms with E-state index in [-0.39, 0.29) is 0 Å². The Morgan fingerprint density at radius 1 is 0.938 bits per heavy atom. The molecule has 9 nitrogen and oxygen atoms in total. The van der Waals surface area contributed by atoms with Gasteiger partial charge in [-0.2, -0.15) is 9.67 Å². The summed E-state index contributed by atoms with van der Waals surface area (Å²) in [6.07, 6.45) is 3.59. The molecule has 0 atom stereocenters. The number of aromatic nitrogens is 5. The van der Waals surface area contributed by atoms with Gasteiger partial charge in [0, 0.05) is 13.7 Å². The summed E-state index contributed by atoms with van der Waals surface area (Å²) < 4.78 is 17.5. The highest BCUT2D eigenvalue weighted by Gasteiger charge is 2.10. The van der Waals surface area contributed by atoms with E-state index in [4.69, 9.17) is 14.2 Å². The smallest absolute Gasteiger partial charge is 0.224 e.